The van der Waals surface area contributed by atoms with Crippen LogP contribution in [0.25, 0.3) is 0 Å². The largest absolute Gasteiger partial charge is 0.400 e. The van der Waals surface area contributed by atoms with E-state index in [0.717, 1.165) is 71.9 Å². The minimum atomic E-state index is 0.692. The smallest absolute Gasteiger partial charge is 0.130 e. The molecule has 5 rings (SSSR count). The summed E-state index contributed by atoms with van der Waals surface area (Å²) in [5, 5.41) is 17.3. The Morgan fingerprint density at radius 3 is 2.23 bits per heavy atom. The summed E-state index contributed by atoms with van der Waals surface area (Å²) in [4.78, 5) is 10.9. The molecule has 0 spiro atoms. The number of hydrogen-bond acceptors (Lipinski definition) is 8. The van der Waals surface area contributed by atoms with E-state index in [-0.39, 0.29) is 0 Å². The van der Waals surface area contributed by atoms with Gasteiger partial charge in [-0.05, 0) is 73.0 Å². The second kappa shape index (κ2) is 15.8. The lowest BCUT2D eigenvalue weighted by atomic mass is 9.98. The van der Waals surface area contributed by atoms with Gasteiger partial charge in [0.2, 0.25) is 0 Å². The zero-order valence-corrected chi connectivity index (χ0v) is 23.9. The summed E-state index contributed by atoms with van der Waals surface area (Å²) in [6.07, 6.45) is 16.0. The lowest BCUT2D eigenvalue weighted by Crippen LogP contribution is -2.27. The number of anilines is 4. The number of pyridine rings is 2. The summed E-state index contributed by atoms with van der Waals surface area (Å²) >= 11 is 0. The van der Waals surface area contributed by atoms with Crippen molar-refractivity contribution in [3.63, 3.8) is 0 Å². The summed E-state index contributed by atoms with van der Waals surface area (Å²) in [6, 6.07) is 16.2. The normalized spacial score (nSPS) is 16.7. The Morgan fingerprint density at radius 1 is 0.850 bits per heavy atom. The maximum Gasteiger partial charge on any atom is 0.130 e. The fourth-order valence-electron chi connectivity index (χ4n) is 4.23. The Bertz CT molecular complexity index is 1310. The van der Waals surface area contributed by atoms with Crippen LogP contribution >= 0.6 is 0 Å². The molecule has 2 aromatic heterocycles. The number of aliphatic hydroxyl groups is 1. The first kappa shape index (κ1) is 30.0. The van der Waals surface area contributed by atoms with Crippen LogP contribution < -0.4 is 21.7 Å². The number of nitrogens with one attached hydrogen (secondary N) is 3. The number of hydrogen-bond donors (Lipinski definition) is 5. The van der Waals surface area contributed by atoms with E-state index >= 15 is 0 Å². The number of rotatable bonds is 7. The van der Waals surface area contributed by atoms with Crippen LogP contribution in [0.4, 0.5) is 22.9 Å². The molecule has 2 aliphatic rings. The van der Waals surface area contributed by atoms with Gasteiger partial charge in [0.05, 0.1) is 0 Å². The van der Waals surface area contributed by atoms with E-state index in [4.69, 9.17) is 10.8 Å². The molecular formula is C32H41N7O. The molecule has 1 aliphatic carbocycles. The zero-order chi connectivity index (χ0) is 28.7. The third-order valence-electron chi connectivity index (χ3n) is 6.18. The average molecular weight is 540 g/mol. The lowest BCUT2D eigenvalue weighted by molar-refractivity contribution is 0.399. The summed E-state index contributed by atoms with van der Waals surface area (Å²) < 4.78 is 0. The van der Waals surface area contributed by atoms with Crippen LogP contribution in [0, 0.1) is 0 Å². The molecule has 3 aromatic rings. The fourth-order valence-corrected chi connectivity index (χ4v) is 4.23. The Balaban J connectivity index is 0.00000106. The van der Waals surface area contributed by atoms with Crippen LogP contribution in [-0.4, -0.2) is 40.7 Å². The van der Waals surface area contributed by atoms with Crippen molar-refractivity contribution in [2.75, 3.05) is 36.7 Å². The third-order valence-corrected chi connectivity index (χ3v) is 6.18. The first-order valence-corrected chi connectivity index (χ1v) is 13.6. The van der Waals surface area contributed by atoms with Crippen LogP contribution in [0.5, 0.6) is 0 Å². The second-order valence-electron chi connectivity index (χ2n) is 8.90. The molecule has 6 N–H and O–H groups in total. The predicted molar refractivity (Wildman–Crippen MR) is 167 cm³/mol. The molecule has 0 fully saturated rings. The summed E-state index contributed by atoms with van der Waals surface area (Å²) in [5.74, 6) is 0.811. The Morgan fingerprint density at radius 2 is 1.52 bits per heavy atom. The van der Waals surface area contributed by atoms with E-state index in [1.807, 2.05) is 38.2 Å². The molecule has 1 aromatic carbocycles. The highest BCUT2D eigenvalue weighted by atomic mass is 16.2. The van der Waals surface area contributed by atoms with E-state index in [1.165, 1.54) is 5.70 Å². The highest BCUT2D eigenvalue weighted by Crippen LogP contribution is 2.30. The number of likely N-dealkylation sites (N-methyl/N-ethyl adjacent to an activating group) is 1. The lowest BCUT2D eigenvalue weighted by Gasteiger charge is -2.31. The van der Waals surface area contributed by atoms with Crippen LogP contribution in [0.1, 0.15) is 32.3 Å². The first-order valence-electron chi connectivity index (χ1n) is 13.6. The highest BCUT2D eigenvalue weighted by Gasteiger charge is 2.20. The van der Waals surface area contributed by atoms with Crippen molar-refractivity contribution in [3.05, 3.63) is 120 Å². The molecule has 40 heavy (non-hydrogen) atoms. The van der Waals surface area contributed by atoms with E-state index in [2.05, 4.69) is 92.5 Å². The molecule has 0 saturated carbocycles. The molecule has 1 aliphatic heterocycles. The van der Waals surface area contributed by atoms with Crippen molar-refractivity contribution in [1.82, 2.24) is 14.9 Å². The van der Waals surface area contributed by atoms with Crippen molar-refractivity contribution < 1.29 is 5.11 Å². The van der Waals surface area contributed by atoms with Gasteiger partial charge in [0.15, 0.2) is 0 Å². The summed E-state index contributed by atoms with van der Waals surface area (Å²) in [6.45, 7) is 5.53. The average Bonchev–Trinajstić information content (AvgIpc) is 2.99. The fraction of sp³-hybridized carbons (Fsp3) is 0.250. The first-order chi connectivity index (χ1) is 19.6. The minimum absolute atomic E-state index is 0.692. The number of aliphatic hydroxyl groups excluding tert-OH is 1. The van der Waals surface area contributed by atoms with Gasteiger partial charge in [-0.3, -0.25) is 4.98 Å². The number of nitrogens with two attached hydrogens (primary N) is 1. The molecule has 0 saturated heterocycles. The van der Waals surface area contributed by atoms with Gasteiger partial charge in [0.25, 0.3) is 0 Å². The van der Waals surface area contributed by atoms with Gasteiger partial charge >= 0.3 is 0 Å². The van der Waals surface area contributed by atoms with Crippen LogP contribution in [-0.2, 0) is 6.54 Å². The van der Waals surface area contributed by atoms with Crippen molar-refractivity contribution in [2.45, 2.75) is 33.2 Å². The van der Waals surface area contributed by atoms with Gasteiger partial charge in [0, 0.05) is 85.6 Å². The third kappa shape index (κ3) is 8.47. The maximum atomic E-state index is 7.00. The molecular weight excluding hydrogens is 498 g/mol. The van der Waals surface area contributed by atoms with Crippen molar-refractivity contribution in [3.8, 4) is 0 Å². The van der Waals surface area contributed by atoms with Gasteiger partial charge in [0.1, 0.15) is 5.82 Å². The molecule has 210 valence electrons. The van der Waals surface area contributed by atoms with Gasteiger partial charge in [-0.25, -0.2) is 4.98 Å². The molecule has 0 amide bonds. The molecule has 0 unspecified atom stereocenters. The van der Waals surface area contributed by atoms with Gasteiger partial charge in [-0.2, -0.15) is 0 Å². The molecule has 0 radical (unpaired) electrons. The molecule has 0 atom stereocenters. The Labute approximate surface area is 238 Å². The highest BCUT2D eigenvalue weighted by molar-refractivity contribution is 5.62. The van der Waals surface area contributed by atoms with Crippen molar-refractivity contribution >= 4 is 22.9 Å². The van der Waals surface area contributed by atoms with E-state index in [9.17, 15) is 0 Å². The van der Waals surface area contributed by atoms with Crippen LogP contribution in [0.2, 0.25) is 0 Å². The monoisotopic (exact) mass is 539 g/mol. The van der Waals surface area contributed by atoms with Gasteiger partial charge in [-0.15, -0.1) is 0 Å². The number of allylic oxidation sites excluding steroid dienone is 3. The predicted octanol–water partition coefficient (Wildman–Crippen LogP) is 6.15. The topological polar surface area (TPSA) is 111 Å². The van der Waals surface area contributed by atoms with Crippen molar-refractivity contribution in [1.29, 1.82) is 0 Å². The maximum absolute atomic E-state index is 7.00. The van der Waals surface area contributed by atoms with Crippen molar-refractivity contribution in [2.24, 2.45) is 5.73 Å². The quantitative estimate of drug-likeness (QED) is 0.243. The molecule has 0 bridgehead atoms. The van der Waals surface area contributed by atoms with E-state index in [1.54, 1.807) is 12.4 Å². The number of fused-ring (bicyclic) bond motifs is 1. The molecule has 8 heteroatoms. The van der Waals surface area contributed by atoms with Gasteiger partial charge < -0.3 is 31.7 Å². The second-order valence-corrected chi connectivity index (χ2v) is 8.90. The SMILES string of the molecule is CC.CN1CC=C(Nc2ccc(CNc3ccc(Nc4ccncc4)cc3)cn2)/C2=C/C(N)=C\CCC=C21.CO. The zero-order valence-electron chi connectivity index (χ0n) is 23.9. The number of benzene rings is 1. The number of nitrogens with zero attached hydrogens (tertiary/aromatic N) is 3. The van der Waals surface area contributed by atoms with Gasteiger partial charge in [-0.1, -0.05) is 32.1 Å². The Hall–Kier alpha value is -4.56. The number of aromatic nitrogens is 2. The molecule has 3 heterocycles. The van der Waals surface area contributed by atoms with E-state index < -0.39 is 0 Å². The van der Waals surface area contributed by atoms with E-state index in [0.29, 0.717) is 6.54 Å². The minimum Gasteiger partial charge on any atom is -0.400 e. The summed E-state index contributed by atoms with van der Waals surface area (Å²) in [7, 11) is 3.11. The van der Waals surface area contributed by atoms with Crippen LogP contribution in [0.15, 0.2) is 114 Å². The Kier molecular flexibility index (Phi) is 11.8. The summed E-state index contributed by atoms with van der Waals surface area (Å²) in [5.41, 5.74) is 14.6. The molecule has 8 nitrogen and oxygen atoms in total. The standard InChI is InChI=1S/C29H31N7.C2H6.CH4O/c1-36-17-14-27(26-18-22(30)4-2-3-5-28(26)36)35-29-11-6-21(20-33-29)19-32-23-7-9-24(10-8-23)34-25-12-15-31-16-13-25;2*1-2/h4-16,18,20,32H,2-3,17,19,30H2,1H3,(H,31,34)(H,33,35);1-2H3;2H,1H3/b22-4+,26-18-,28-5?;;. The van der Waals surface area contributed by atoms with Crippen LogP contribution in [0.3, 0.4) is 0 Å².